The second-order valence-corrected chi connectivity index (χ2v) is 3.23. The average molecular weight is 227 g/mol. The molecule has 0 fully saturated rings. The molecule has 0 aliphatic rings. The Hall–Kier alpha value is -1.62. The van der Waals surface area contributed by atoms with Crippen molar-refractivity contribution in [2.24, 2.45) is 0 Å². The van der Waals surface area contributed by atoms with Gasteiger partial charge >= 0.3 is 0 Å². The van der Waals surface area contributed by atoms with Gasteiger partial charge in [-0.2, -0.15) is 0 Å². The monoisotopic (exact) mass is 227 g/mol. The highest BCUT2D eigenvalue weighted by atomic mass is 19.1. The van der Waals surface area contributed by atoms with Crippen molar-refractivity contribution in [2.45, 2.75) is 6.42 Å². The van der Waals surface area contributed by atoms with Gasteiger partial charge in [-0.15, -0.1) is 0 Å². The number of rotatable bonds is 5. The van der Waals surface area contributed by atoms with Crippen LogP contribution in [0.25, 0.3) is 0 Å². The number of carbonyl (C=O) groups excluding carboxylic acids is 1. The van der Waals surface area contributed by atoms with Gasteiger partial charge in [-0.3, -0.25) is 4.79 Å². The van der Waals surface area contributed by atoms with Crippen LogP contribution < -0.4 is 10.1 Å². The SMILES string of the molecule is COc1ccc(CCNC(=O)CO)cc1F. The van der Waals surface area contributed by atoms with Crippen LogP contribution in [-0.4, -0.2) is 31.3 Å². The van der Waals surface area contributed by atoms with E-state index in [4.69, 9.17) is 9.84 Å². The molecular formula is C11H14FNO3. The lowest BCUT2D eigenvalue weighted by Crippen LogP contribution is -2.28. The Balaban J connectivity index is 2.49. The van der Waals surface area contributed by atoms with Crippen LogP contribution >= 0.6 is 0 Å². The smallest absolute Gasteiger partial charge is 0.245 e. The van der Waals surface area contributed by atoms with E-state index < -0.39 is 18.3 Å². The quantitative estimate of drug-likeness (QED) is 0.769. The molecule has 0 unspecified atom stereocenters. The fourth-order valence-electron chi connectivity index (χ4n) is 1.27. The van der Waals surface area contributed by atoms with E-state index in [-0.39, 0.29) is 5.75 Å². The molecule has 0 spiro atoms. The second kappa shape index (κ2) is 6.07. The largest absolute Gasteiger partial charge is 0.494 e. The van der Waals surface area contributed by atoms with Gasteiger partial charge in [-0.25, -0.2) is 4.39 Å². The number of aliphatic hydroxyl groups excluding tert-OH is 1. The maximum absolute atomic E-state index is 13.3. The van der Waals surface area contributed by atoms with Gasteiger partial charge in [0, 0.05) is 6.54 Å². The fraction of sp³-hybridized carbons (Fsp3) is 0.364. The van der Waals surface area contributed by atoms with E-state index in [1.54, 1.807) is 12.1 Å². The predicted molar refractivity (Wildman–Crippen MR) is 56.8 cm³/mol. The highest BCUT2D eigenvalue weighted by Crippen LogP contribution is 2.17. The molecule has 88 valence electrons. The summed E-state index contributed by atoms with van der Waals surface area (Å²) in [6, 6.07) is 4.63. The molecule has 2 N–H and O–H groups in total. The number of hydrogen-bond donors (Lipinski definition) is 2. The third kappa shape index (κ3) is 3.51. The number of nitrogens with one attached hydrogen (secondary N) is 1. The highest BCUT2D eigenvalue weighted by Gasteiger charge is 2.03. The summed E-state index contributed by atoms with van der Waals surface area (Å²) in [5.74, 6) is -0.661. The molecule has 1 amide bonds. The van der Waals surface area contributed by atoms with E-state index in [2.05, 4.69) is 5.32 Å². The van der Waals surface area contributed by atoms with Gasteiger partial charge < -0.3 is 15.2 Å². The van der Waals surface area contributed by atoms with Crippen LogP contribution in [0.15, 0.2) is 18.2 Å². The van der Waals surface area contributed by atoms with Crippen molar-refractivity contribution in [3.63, 3.8) is 0 Å². The summed E-state index contributed by atoms with van der Waals surface area (Å²) < 4.78 is 18.0. The molecular weight excluding hydrogens is 213 g/mol. The maximum Gasteiger partial charge on any atom is 0.245 e. The van der Waals surface area contributed by atoms with E-state index in [0.717, 1.165) is 5.56 Å². The van der Waals surface area contributed by atoms with Crippen molar-refractivity contribution >= 4 is 5.91 Å². The molecule has 0 saturated heterocycles. The lowest BCUT2D eigenvalue weighted by molar-refractivity contribution is -0.123. The van der Waals surface area contributed by atoms with Crippen molar-refractivity contribution in [1.29, 1.82) is 0 Å². The molecule has 0 atom stereocenters. The summed E-state index contributed by atoms with van der Waals surface area (Å²) in [4.78, 5) is 10.7. The summed E-state index contributed by atoms with van der Waals surface area (Å²) in [6.07, 6.45) is 0.507. The summed E-state index contributed by atoms with van der Waals surface area (Å²) in [5.41, 5.74) is 0.761. The van der Waals surface area contributed by atoms with Crippen molar-refractivity contribution in [3.8, 4) is 5.75 Å². The number of ether oxygens (including phenoxy) is 1. The van der Waals surface area contributed by atoms with Crippen LogP contribution in [-0.2, 0) is 11.2 Å². The van der Waals surface area contributed by atoms with Crippen molar-refractivity contribution < 1.29 is 19.0 Å². The van der Waals surface area contributed by atoms with E-state index in [1.807, 2.05) is 0 Å². The number of hydrogen-bond acceptors (Lipinski definition) is 3. The van der Waals surface area contributed by atoms with Crippen LogP contribution in [0.2, 0.25) is 0 Å². The maximum atomic E-state index is 13.3. The van der Waals surface area contributed by atoms with Gasteiger partial charge in [0.05, 0.1) is 7.11 Å². The van der Waals surface area contributed by atoms with Crippen molar-refractivity contribution in [1.82, 2.24) is 5.32 Å². The van der Waals surface area contributed by atoms with E-state index in [9.17, 15) is 9.18 Å². The molecule has 5 heteroatoms. The standard InChI is InChI=1S/C11H14FNO3/c1-16-10-3-2-8(6-9(10)12)4-5-13-11(15)7-14/h2-3,6,14H,4-5,7H2,1H3,(H,13,15). The summed E-state index contributed by atoms with van der Waals surface area (Å²) in [5, 5.41) is 10.9. The highest BCUT2D eigenvalue weighted by molar-refractivity contribution is 5.76. The van der Waals surface area contributed by atoms with Gasteiger partial charge in [0.1, 0.15) is 6.61 Å². The van der Waals surface area contributed by atoms with Crippen LogP contribution in [0.1, 0.15) is 5.56 Å². The molecule has 1 aromatic rings. The fourth-order valence-corrected chi connectivity index (χ4v) is 1.27. The number of carbonyl (C=O) groups is 1. The summed E-state index contributed by atoms with van der Waals surface area (Å²) in [7, 11) is 1.40. The first-order valence-electron chi connectivity index (χ1n) is 4.87. The van der Waals surface area contributed by atoms with E-state index in [0.29, 0.717) is 13.0 Å². The minimum absolute atomic E-state index is 0.197. The number of benzene rings is 1. The molecule has 1 aromatic carbocycles. The lowest BCUT2D eigenvalue weighted by Gasteiger charge is -2.06. The first kappa shape index (κ1) is 12.4. The molecule has 0 radical (unpaired) electrons. The Morgan fingerprint density at radius 1 is 1.56 bits per heavy atom. The van der Waals surface area contributed by atoms with Gasteiger partial charge in [-0.1, -0.05) is 6.07 Å². The summed E-state index contributed by atoms with van der Waals surface area (Å²) in [6.45, 7) is -0.165. The zero-order valence-electron chi connectivity index (χ0n) is 9.00. The van der Waals surface area contributed by atoms with Crippen molar-refractivity contribution in [3.05, 3.63) is 29.6 Å². The van der Waals surface area contributed by atoms with E-state index >= 15 is 0 Å². The van der Waals surface area contributed by atoms with Gasteiger partial charge in [0.25, 0.3) is 0 Å². The third-order valence-electron chi connectivity index (χ3n) is 2.10. The minimum atomic E-state index is -0.531. The first-order chi connectivity index (χ1) is 7.67. The Morgan fingerprint density at radius 3 is 2.88 bits per heavy atom. The van der Waals surface area contributed by atoms with Crippen LogP contribution in [0.3, 0.4) is 0 Å². The number of halogens is 1. The van der Waals surface area contributed by atoms with Gasteiger partial charge in [0.2, 0.25) is 5.91 Å². The van der Waals surface area contributed by atoms with Crippen molar-refractivity contribution in [2.75, 3.05) is 20.3 Å². The Kier molecular flexibility index (Phi) is 4.72. The Labute approximate surface area is 93.0 Å². The first-order valence-corrected chi connectivity index (χ1v) is 4.87. The lowest BCUT2D eigenvalue weighted by atomic mass is 10.1. The minimum Gasteiger partial charge on any atom is -0.494 e. The van der Waals surface area contributed by atoms with Crippen LogP contribution in [0, 0.1) is 5.82 Å². The zero-order chi connectivity index (χ0) is 12.0. The molecule has 0 aliphatic heterocycles. The predicted octanol–water partition coefficient (Wildman–Crippen LogP) is 0.485. The molecule has 0 bridgehead atoms. The van der Waals surface area contributed by atoms with Crippen LogP contribution in [0.5, 0.6) is 5.75 Å². The van der Waals surface area contributed by atoms with Crippen LogP contribution in [0.4, 0.5) is 4.39 Å². The molecule has 0 aliphatic carbocycles. The molecule has 1 rings (SSSR count). The molecule has 16 heavy (non-hydrogen) atoms. The number of amides is 1. The molecule has 0 aromatic heterocycles. The number of aliphatic hydroxyl groups is 1. The topological polar surface area (TPSA) is 58.6 Å². The van der Waals surface area contributed by atoms with Gasteiger partial charge in [0.15, 0.2) is 11.6 Å². The normalized spacial score (nSPS) is 9.94. The summed E-state index contributed by atoms with van der Waals surface area (Å²) >= 11 is 0. The average Bonchev–Trinajstić information content (AvgIpc) is 2.29. The third-order valence-corrected chi connectivity index (χ3v) is 2.10. The molecule has 4 nitrogen and oxygen atoms in total. The Bertz CT molecular complexity index is 368. The number of methoxy groups -OCH3 is 1. The molecule has 0 saturated carbocycles. The zero-order valence-corrected chi connectivity index (χ0v) is 9.00. The molecule has 0 heterocycles. The van der Waals surface area contributed by atoms with E-state index in [1.165, 1.54) is 13.2 Å². The van der Waals surface area contributed by atoms with Gasteiger partial charge in [-0.05, 0) is 24.1 Å². The second-order valence-electron chi connectivity index (χ2n) is 3.23. The Morgan fingerprint density at radius 2 is 2.31 bits per heavy atom.